The number of halogens is 1. The van der Waals surface area contributed by atoms with E-state index in [1.54, 1.807) is 29.1 Å². The minimum absolute atomic E-state index is 0.000767. The zero-order valence-electron chi connectivity index (χ0n) is 9.41. The molecule has 6 nitrogen and oxygen atoms in total. The quantitative estimate of drug-likeness (QED) is 0.677. The van der Waals surface area contributed by atoms with E-state index in [2.05, 4.69) is 4.98 Å². The van der Waals surface area contributed by atoms with Crippen molar-refractivity contribution in [2.45, 2.75) is 13.1 Å². The number of imidazole rings is 1. The third kappa shape index (κ3) is 2.49. The highest BCUT2D eigenvalue weighted by Crippen LogP contribution is 2.24. The molecule has 0 aliphatic heterocycles. The Morgan fingerprint density at radius 1 is 1.50 bits per heavy atom. The molecule has 0 aliphatic carbocycles. The van der Waals surface area contributed by atoms with Crippen molar-refractivity contribution < 1.29 is 4.92 Å². The lowest BCUT2D eigenvalue weighted by Gasteiger charge is -2.07. The van der Waals surface area contributed by atoms with Gasteiger partial charge in [0.2, 0.25) is 0 Å². The van der Waals surface area contributed by atoms with Gasteiger partial charge in [0.1, 0.15) is 5.82 Å². The lowest BCUT2D eigenvalue weighted by Crippen LogP contribution is -2.09. The van der Waals surface area contributed by atoms with Crippen LogP contribution in [0.3, 0.4) is 0 Å². The normalized spacial score (nSPS) is 10.6. The molecule has 7 heteroatoms. The zero-order chi connectivity index (χ0) is 13.1. The maximum absolute atomic E-state index is 11.0. The van der Waals surface area contributed by atoms with Crippen LogP contribution in [-0.4, -0.2) is 14.5 Å². The minimum Gasteiger partial charge on any atom is -0.329 e. The smallest absolute Gasteiger partial charge is 0.275 e. The standard InChI is InChI=1S/C11H11ClN4O2/c12-9-2-1-8(10(5-9)16(17)18)7-15-4-3-14-11(15)6-13/h1-5H,6-7,13H2. The van der Waals surface area contributed by atoms with Crippen LogP contribution >= 0.6 is 11.6 Å². The molecule has 0 amide bonds. The van der Waals surface area contributed by atoms with Gasteiger partial charge in [-0.15, -0.1) is 0 Å². The fourth-order valence-corrected chi connectivity index (χ4v) is 1.86. The molecule has 0 unspecified atom stereocenters. The van der Waals surface area contributed by atoms with Crippen LogP contribution in [0.2, 0.25) is 5.02 Å². The lowest BCUT2D eigenvalue weighted by molar-refractivity contribution is -0.385. The Labute approximate surface area is 108 Å². The first-order valence-electron chi connectivity index (χ1n) is 5.24. The molecule has 18 heavy (non-hydrogen) atoms. The number of rotatable bonds is 4. The van der Waals surface area contributed by atoms with Crippen molar-refractivity contribution >= 4 is 17.3 Å². The summed E-state index contributed by atoms with van der Waals surface area (Å²) >= 11 is 5.76. The van der Waals surface area contributed by atoms with Crippen LogP contribution in [-0.2, 0) is 13.1 Å². The van der Waals surface area contributed by atoms with Gasteiger partial charge in [0, 0.05) is 29.0 Å². The van der Waals surface area contributed by atoms with Crippen molar-refractivity contribution in [1.29, 1.82) is 0 Å². The van der Waals surface area contributed by atoms with E-state index in [1.165, 1.54) is 6.07 Å². The van der Waals surface area contributed by atoms with Crippen molar-refractivity contribution in [3.63, 3.8) is 0 Å². The number of nitrogens with zero attached hydrogens (tertiary/aromatic N) is 3. The van der Waals surface area contributed by atoms with E-state index >= 15 is 0 Å². The fourth-order valence-electron chi connectivity index (χ4n) is 1.70. The summed E-state index contributed by atoms with van der Waals surface area (Å²) in [4.78, 5) is 14.6. The SMILES string of the molecule is NCc1nccn1Cc1ccc(Cl)cc1[N+](=O)[O-]. The Morgan fingerprint density at radius 3 is 2.94 bits per heavy atom. The third-order valence-electron chi connectivity index (χ3n) is 2.57. The van der Waals surface area contributed by atoms with E-state index in [0.29, 0.717) is 23.0 Å². The van der Waals surface area contributed by atoms with Gasteiger partial charge >= 0.3 is 0 Å². The van der Waals surface area contributed by atoms with Gasteiger partial charge in [-0.3, -0.25) is 10.1 Å². The summed E-state index contributed by atoms with van der Waals surface area (Å²) < 4.78 is 1.77. The van der Waals surface area contributed by atoms with Gasteiger partial charge in [-0.25, -0.2) is 4.98 Å². The number of hydrogen-bond donors (Lipinski definition) is 1. The van der Waals surface area contributed by atoms with E-state index in [-0.39, 0.29) is 12.2 Å². The van der Waals surface area contributed by atoms with Gasteiger partial charge in [0.25, 0.3) is 5.69 Å². The molecule has 2 rings (SSSR count). The number of nitrogens with two attached hydrogens (primary N) is 1. The van der Waals surface area contributed by atoms with Crippen molar-refractivity contribution in [1.82, 2.24) is 9.55 Å². The Bertz CT molecular complexity index is 582. The number of hydrogen-bond acceptors (Lipinski definition) is 4. The maximum Gasteiger partial charge on any atom is 0.275 e. The molecule has 94 valence electrons. The molecule has 2 N–H and O–H groups in total. The van der Waals surface area contributed by atoms with Gasteiger partial charge in [0.05, 0.1) is 18.0 Å². The first-order valence-corrected chi connectivity index (χ1v) is 5.62. The second kappa shape index (κ2) is 5.16. The number of nitro benzene ring substituents is 1. The van der Waals surface area contributed by atoms with E-state index in [9.17, 15) is 10.1 Å². The molecule has 0 radical (unpaired) electrons. The Balaban J connectivity index is 2.37. The highest BCUT2D eigenvalue weighted by molar-refractivity contribution is 6.30. The third-order valence-corrected chi connectivity index (χ3v) is 2.80. The molecule has 2 aromatic rings. The van der Waals surface area contributed by atoms with Crippen LogP contribution in [0.1, 0.15) is 11.4 Å². The summed E-state index contributed by atoms with van der Waals surface area (Å²) in [5, 5.41) is 11.3. The summed E-state index contributed by atoms with van der Waals surface area (Å²) in [5.41, 5.74) is 6.10. The Kier molecular flexibility index (Phi) is 3.59. The first kappa shape index (κ1) is 12.5. The topological polar surface area (TPSA) is 87.0 Å². The second-order valence-corrected chi connectivity index (χ2v) is 4.14. The molecule has 0 spiro atoms. The Morgan fingerprint density at radius 2 is 2.28 bits per heavy atom. The minimum atomic E-state index is -0.444. The first-order chi connectivity index (χ1) is 8.61. The monoisotopic (exact) mass is 266 g/mol. The van der Waals surface area contributed by atoms with Gasteiger partial charge in [-0.2, -0.15) is 0 Å². The summed E-state index contributed by atoms with van der Waals surface area (Å²) in [6.45, 7) is 0.633. The van der Waals surface area contributed by atoms with Gasteiger partial charge in [-0.1, -0.05) is 11.6 Å². The summed E-state index contributed by atoms with van der Waals surface area (Å²) in [5.74, 6) is 0.680. The van der Waals surface area contributed by atoms with Crippen LogP contribution in [0.15, 0.2) is 30.6 Å². The summed E-state index contributed by atoms with van der Waals surface area (Å²) in [6, 6.07) is 4.61. The largest absolute Gasteiger partial charge is 0.329 e. The lowest BCUT2D eigenvalue weighted by atomic mass is 10.2. The Hall–Kier alpha value is -1.92. The van der Waals surface area contributed by atoms with Crippen LogP contribution in [0.4, 0.5) is 5.69 Å². The molecule has 0 aliphatic rings. The van der Waals surface area contributed by atoms with Crippen molar-refractivity contribution in [3.8, 4) is 0 Å². The molecule has 0 saturated heterocycles. The van der Waals surface area contributed by atoms with Gasteiger partial charge in [0.15, 0.2) is 0 Å². The van der Waals surface area contributed by atoms with Gasteiger partial charge in [-0.05, 0) is 12.1 Å². The molecular formula is C11H11ClN4O2. The van der Waals surface area contributed by atoms with Crippen LogP contribution in [0, 0.1) is 10.1 Å². The molecule has 1 heterocycles. The molecule has 0 bridgehead atoms. The fraction of sp³-hybridized carbons (Fsp3) is 0.182. The highest BCUT2D eigenvalue weighted by Gasteiger charge is 2.15. The molecule has 0 atom stereocenters. The number of benzene rings is 1. The predicted octanol–water partition coefficient (Wildman–Crippen LogP) is 1.95. The zero-order valence-corrected chi connectivity index (χ0v) is 10.2. The average Bonchev–Trinajstić information content (AvgIpc) is 2.78. The second-order valence-electron chi connectivity index (χ2n) is 3.71. The van der Waals surface area contributed by atoms with Crippen LogP contribution in [0.5, 0.6) is 0 Å². The molecular weight excluding hydrogens is 256 g/mol. The van der Waals surface area contributed by atoms with Crippen molar-refractivity contribution in [2.24, 2.45) is 5.73 Å². The van der Waals surface area contributed by atoms with E-state index in [0.717, 1.165) is 0 Å². The van der Waals surface area contributed by atoms with Crippen LogP contribution < -0.4 is 5.73 Å². The number of aromatic nitrogens is 2. The molecule has 0 fully saturated rings. The summed E-state index contributed by atoms with van der Waals surface area (Å²) in [6.07, 6.45) is 3.35. The molecule has 1 aromatic carbocycles. The summed E-state index contributed by atoms with van der Waals surface area (Å²) in [7, 11) is 0. The van der Waals surface area contributed by atoms with E-state index < -0.39 is 4.92 Å². The molecule has 1 aromatic heterocycles. The molecule has 0 saturated carbocycles. The van der Waals surface area contributed by atoms with Gasteiger partial charge < -0.3 is 10.3 Å². The average molecular weight is 267 g/mol. The number of nitro groups is 1. The van der Waals surface area contributed by atoms with E-state index in [1.807, 2.05) is 0 Å². The maximum atomic E-state index is 11.0. The van der Waals surface area contributed by atoms with E-state index in [4.69, 9.17) is 17.3 Å². The van der Waals surface area contributed by atoms with Crippen molar-refractivity contribution in [2.75, 3.05) is 0 Å². The van der Waals surface area contributed by atoms with Crippen molar-refractivity contribution in [3.05, 3.63) is 57.1 Å². The van der Waals surface area contributed by atoms with Crippen LogP contribution in [0.25, 0.3) is 0 Å². The highest BCUT2D eigenvalue weighted by atomic mass is 35.5. The predicted molar refractivity (Wildman–Crippen MR) is 67.3 cm³/mol.